The van der Waals surface area contributed by atoms with Crippen molar-refractivity contribution in [2.24, 2.45) is 16.8 Å². The van der Waals surface area contributed by atoms with Crippen molar-refractivity contribution in [3.05, 3.63) is 64.8 Å². The summed E-state index contributed by atoms with van der Waals surface area (Å²) >= 11 is 6.16. The number of carbonyl (C=O) groups is 3. The van der Waals surface area contributed by atoms with Gasteiger partial charge in [-0.25, -0.2) is 15.4 Å². The van der Waals surface area contributed by atoms with E-state index in [1.165, 1.54) is 24.5 Å². The molecule has 0 fully saturated rings. The van der Waals surface area contributed by atoms with Crippen molar-refractivity contribution in [1.82, 2.24) is 16.0 Å². The molecular weight excluding hydrogens is 566 g/mol. The van der Waals surface area contributed by atoms with Crippen LogP contribution in [0.5, 0.6) is 0 Å². The molecule has 3 amide bonds. The fourth-order valence-corrected chi connectivity index (χ4v) is 4.63. The van der Waals surface area contributed by atoms with Gasteiger partial charge >= 0.3 is 12.2 Å². The number of nitrogens with one attached hydrogen (secondary N) is 5. The average molecular weight is 598 g/mol. The number of carbonyl (C=O) groups excluding carboxylic acids is 3. The van der Waals surface area contributed by atoms with Gasteiger partial charge in [-0.2, -0.15) is 5.10 Å². The maximum absolute atomic E-state index is 13.1. The van der Waals surface area contributed by atoms with Crippen molar-refractivity contribution in [2.75, 3.05) is 29.4 Å². The Bertz CT molecular complexity index is 1410. The second-order valence-electron chi connectivity index (χ2n) is 9.30. The lowest BCUT2D eigenvalue weighted by atomic mass is 10.1. The van der Waals surface area contributed by atoms with Crippen LogP contribution in [0.4, 0.5) is 26.7 Å². The number of halogens is 1. The van der Waals surface area contributed by atoms with Crippen molar-refractivity contribution in [3.8, 4) is 0 Å². The van der Waals surface area contributed by atoms with E-state index in [1.54, 1.807) is 48.7 Å². The van der Waals surface area contributed by atoms with E-state index in [2.05, 4.69) is 36.4 Å². The van der Waals surface area contributed by atoms with E-state index in [0.717, 1.165) is 0 Å². The van der Waals surface area contributed by atoms with E-state index in [0.29, 0.717) is 58.2 Å². The molecule has 15 heteroatoms. The molecule has 222 valence electrons. The molecule has 1 unspecified atom stereocenters. The lowest BCUT2D eigenvalue weighted by Crippen LogP contribution is -2.52. The highest BCUT2D eigenvalue weighted by molar-refractivity contribution is 6.30. The lowest BCUT2D eigenvalue weighted by Gasteiger charge is -2.26. The van der Waals surface area contributed by atoms with Crippen LogP contribution >= 0.6 is 11.6 Å². The number of anilines is 3. The highest BCUT2D eigenvalue weighted by Gasteiger charge is 2.28. The Kier molecular flexibility index (Phi) is 10.1. The fraction of sp³-hybridized carbons (Fsp3) is 0.259. The number of nitrogens with zero attached hydrogens (tertiary/aromatic N) is 2. The normalized spacial score (nSPS) is 18.5. The van der Waals surface area contributed by atoms with Gasteiger partial charge in [-0.15, -0.1) is 0 Å². The van der Waals surface area contributed by atoms with Crippen LogP contribution in [0.15, 0.2) is 53.8 Å². The number of fused-ring (bicyclic) bond motifs is 4. The van der Waals surface area contributed by atoms with Gasteiger partial charge in [-0.1, -0.05) is 11.6 Å². The van der Waals surface area contributed by atoms with Crippen molar-refractivity contribution in [3.63, 3.8) is 0 Å². The van der Waals surface area contributed by atoms with Gasteiger partial charge in [-0.05, 0) is 61.7 Å². The fourth-order valence-electron chi connectivity index (χ4n) is 4.45. The van der Waals surface area contributed by atoms with Crippen molar-refractivity contribution in [1.29, 1.82) is 0 Å². The minimum Gasteiger partial charge on any atom is -0.453 e. The molecule has 2 atom stereocenters. The van der Waals surface area contributed by atoms with Crippen LogP contribution in [0, 0.1) is 0 Å². The molecule has 42 heavy (non-hydrogen) atoms. The maximum Gasteiger partial charge on any atom is 0.411 e. The quantitative estimate of drug-likeness (QED) is 0.0854. The summed E-state index contributed by atoms with van der Waals surface area (Å²) in [5, 5.41) is 20.1. The van der Waals surface area contributed by atoms with Crippen LogP contribution in [-0.4, -0.2) is 50.4 Å². The Labute approximate surface area is 247 Å². The Morgan fingerprint density at radius 3 is 2.86 bits per heavy atom. The van der Waals surface area contributed by atoms with Crippen molar-refractivity contribution in [2.45, 2.75) is 31.5 Å². The van der Waals surface area contributed by atoms with Gasteiger partial charge in [-0.3, -0.25) is 20.4 Å². The Hall–Kier alpha value is -4.95. The largest absolute Gasteiger partial charge is 0.453 e. The number of hydrogen-bond acceptors (Lipinski definition) is 10. The smallest absolute Gasteiger partial charge is 0.411 e. The number of nitrogens with two attached hydrogens (primary N) is 2. The lowest BCUT2D eigenvalue weighted by molar-refractivity contribution is -0.117. The van der Waals surface area contributed by atoms with Crippen LogP contribution in [0.1, 0.15) is 30.4 Å². The molecule has 14 nitrogen and oxygen atoms in total. The van der Waals surface area contributed by atoms with Crippen LogP contribution in [0.3, 0.4) is 0 Å². The molecule has 0 aliphatic carbocycles. The monoisotopic (exact) mass is 597 g/mol. The molecule has 9 N–H and O–H groups in total. The zero-order valence-electron chi connectivity index (χ0n) is 22.7. The first-order chi connectivity index (χ1) is 20.3. The summed E-state index contributed by atoms with van der Waals surface area (Å²) in [4.78, 5) is 37.2. The topological polar surface area (TPSA) is 197 Å². The van der Waals surface area contributed by atoms with Gasteiger partial charge in [0.2, 0.25) is 5.91 Å². The summed E-state index contributed by atoms with van der Waals surface area (Å²) in [6.45, 7) is 0.190. The zero-order chi connectivity index (χ0) is 30.1. The Balaban J connectivity index is 1.52. The number of hydrogen-bond donors (Lipinski definition) is 7. The van der Waals surface area contributed by atoms with E-state index in [-0.39, 0.29) is 24.7 Å². The first kappa shape index (κ1) is 30.0. The molecule has 2 bridgehead atoms. The number of ether oxygens (including phenoxy) is 2. The molecule has 2 aromatic rings. The number of cyclic esters (lactones) is 1. The molecule has 2 aromatic carbocycles. The third-order valence-electron chi connectivity index (χ3n) is 6.44. The van der Waals surface area contributed by atoms with Crippen LogP contribution in [0.25, 0.3) is 11.8 Å². The molecule has 0 saturated heterocycles. The Morgan fingerprint density at radius 2 is 2.07 bits per heavy atom. The number of benzene rings is 2. The third kappa shape index (κ3) is 7.83. The second kappa shape index (κ2) is 14.1. The summed E-state index contributed by atoms with van der Waals surface area (Å²) in [6, 6.07) is 9.68. The minimum absolute atomic E-state index is 0.190. The number of amides is 3. The molecule has 0 saturated carbocycles. The Morgan fingerprint density at radius 1 is 1.24 bits per heavy atom. The first-order valence-electron chi connectivity index (χ1n) is 13.0. The summed E-state index contributed by atoms with van der Waals surface area (Å²) in [7, 11) is 1.26. The predicted molar refractivity (Wildman–Crippen MR) is 161 cm³/mol. The van der Waals surface area contributed by atoms with Crippen molar-refractivity contribution < 1.29 is 23.9 Å². The van der Waals surface area contributed by atoms with E-state index in [9.17, 15) is 14.4 Å². The van der Waals surface area contributed by atoms with Crippen molar-refractivity contribution >= 4 is 64.9 Å². The highest BCUT2D eigenvalue weighted by Crippen LogP contribution is 2.29. The van der Waals surface area contributed by atoms with E-state index >= 15 is 0 Å². The third-order valence-corrected chi connectivity index (χ3v) is 6.68. The van der Waals surface area contributed by atoms with Crippen LogP contribution in [-0.2, 0) is 14.3 Å². The van der Waals surface area contributed by atoms with Crippen LogP contribution < -0.4 is 43.3 Å². The predicted octanol–water partition coefficient (Wildman–Crippen LogP) is 2.85. The minimum atomic E-state index is -0.647. The van der Waals surface area contributed by atoms with Crippen LogP contribution in [0.2, 0.25) is 5.02 Å². The zero-order valence-corrected chi connectivity index (χ0v) is 23.5. The molecule has 4 rings (SSSR count). The summed E-state index contributed by atoms with van der Waals surface area (Å²) in [6.07, 6.45) is 6.22. The summed E-state index contributed by atoms with van der Waals surface area (Å²) < 4.78 is 9.99. The molecule has 2 aliphatic heterocycles. The standard InChI is InChI=1S/C27H32ClN9O5/c1-41-26(39)33-18-7-8-19-21(13-18)36-27(40)42-11-3-2-4-20(25-31-14-22(19)35-25)34-24(38)10-5-16-12-17(28)6-9-23(16)37(30)15-32-29/h5-10,12-15,20,25,31,35H,2-4,11,29-30H2,1H3,(H,33,39)(H,34,38)(H,36,40)/b10-5+,32-15-/t20-,25?/m0/s1. The van der Waals surface area contributed by atoms with Gasteiger partial charge in [0.15, 0.2) is 0 Å². The number of hydrazine groups is 1. The van der Waals surface area contributed by atoms with Gasteiger partial charge < -0.3 is 31.3 Å². The first-order valence-corrected chi connectivity index (χ1v) is 13.4. The van der Waals surface area contributed by atoms with Gasteiger partial charge in [0.1, 0.15) is 12.5 Å². The maximum atomic E-state index is 13.1. The number of hydrazone groups is 1. The number of methoxy groups -OCH3 is 1. The second-order valence-corrected chi connectivity index (χ2v) is 9.74. The SMILES string of the molecule is COC(=O)Nc1ccc2c(c1)NC(=O)OCCCC[C@H](NC(=O)/C=C/c1cc(Cl)ccc1N(N)/C=N\N)C1NC=C2N1. The van der Waals surface area contributed by atoms with Gasteiger partial charge in [0.25, 0.3) is 0 Å². The molecular formula is C27H32ClN9O5. The van der Waals surface area contributed by atoms with Gasteiger partial charge in [0, 0.05) is 34.1 Å². The number of rotatable bonds is 6. The molecule has 2 heterocycles. The highest BCUT2D eigenvalue weighted by atomic mass is 35.5. The summed E-state index contributed by atoms with van der Waals surface area (Å²) in [5.41, 5.74) is 3.26. The molecule has 0 aromatic heterocycles. The van der Waals surface area contributed by atoms with E-state index in [4.69, 9.17) is 28.0 Å². The van der Waals surface area contributed by atoms with E-state index < -0.39 is 12.2 Å². The average Bonchev–Trinajstić information content (AvgIpc) is 3.45. The summed E-state index contributed by atoms with van der Waals surface area (Å²) in [5.74, 6) is 10.8. The molecule has 2 aliphatic rings. The molecule has 0 radical (unpaired) electrons. The molecule has 0 spiro atoms. The van der Waals surface area contributed by atoms with E-state index in [1.807, 2.05) is 0 Å². The van der Waals surface area contributed by atoms with Gasteiger partial charge in [0.05, 0.1) is 36.8 Å².